The van der Waals surface area contributed by atoms with Crippen molar-refractivity contribution in [2.45, 2.75) is 19.3 Å². The molecule has 7 heteroatoms. The third-order valence-corrected chi connectivity index (χ3v) is 3.17. The van der Waals surface area contributed by atoms with Crippen LogP contribution in [-0.2, 0) is 17.7 Å². The molecule has 1 aromatic heterocycles. The highest BCUT2D eigenvalue weighted by atomic mass is 35.5. The lowest BCUT2D eigenvalue weighted by molar-refractivity contribution is -0.325. The number of aromatic nitrogens is 1. The van der Waals surface area contributed by atoms with Crippen LogP contribution in [0.15, 0.2) is 24.4 Å². The minimum Gasteiger partial charge on any atom is -0.345 e. The average Bonchev–Trinajstić information content (AvgIpc) is 2.66. The summed E-state index contributed by atoms with van der Waals surface area (Å²) in [5.41, 5.74) is 7.32. The number of nitrogens with zero attached hydrogens (tertiary/aromatic N) is 1. The van der Waals surface area contributed by atoms with Crippen LogP contribution >= 0.6 is 11.6 Å². The highest BCUT2D eigenvalue weighted by molar-refractivity contribution is 6.31. The topological polar surface area (TPSA) is 40.2 Å². The summed E-state index contributed by atoms with van der Waals surface area (Å²) in [4.78, 5) is 0. The fourth-order valence-electron chi connectivity index (χ4n) is 2.14. The van der Waals surface area contributed by atoms with Crippen LogP contribution in [0.5, 0.6) is 0 Å². The van der Waals surface area contributed by atoms with Gasteiger partial charge in [-0.25, -0.2) is 0 Å². The molecule has 0 unspecified atom stereocenters. The van der Waals surface area contributed by atoms with Gasteiger partial charge >= 0.3 is 6.36 Å². The first-order valence-corrected chi connectivity index (χ1v) is 6.46. The lowest BCUT2D eigenvalue weighted by Gasteiger charge is -2.09. The third kappa shape index (κ3) is 3.65. The Morgan fingerprint density at radius 1 is 1.30 bits per heavy atom. The van der Waals surface area contributed by atoms with Gasteiger partial charge in [0.2, 0.25) is 0 Å². The number of alkyl halides is 3. The first-order valence-electron chi connectivity index (χ1n) is 6.09. The zero-order chi connectivity index (χ0) is 14.8. The number of ether oxygens (including phenoxy) is 1. The maximum Gasteiger partial charge on any atom is 0.522 e. The maximum absolute atomic E-state index is 12.0. The first-order chi connectivity index (χ1) is 9.40. The summed E-state index contributed by atoms with van der Waals surface area (Å²) in [7, 11) is 0. The van der Waals surface area contributed by atoms with Crippen molar-refractivity contribution in [3.63, 3.8) is 0 Å². The molecule has 0 radical (unpaired) electrons. The Labute approximate surface area is 119 Å². The van der Waals surface area contributed by atoms with Gasteiger partial charge in [-0.3, -0.25) is 4.74 Å². The van der Waals surface area contributed by atoms with Crippen molar-refractivity contribution < 1.29 is 17.9 Å². The zero-order valence-electron chi connectivity index (χ0n) is 10.6. The molecule has 110 valence electrons. The molecule has 3 nitrogen and oxygen atoms in total. The van der Waals surface area contributed by atoms with E-state index in [9.17, 15) is 13.2 Å². The van der Waals surface area contributed by atoms with Gasteiger partial charge in [0, 0.05) is 28.7 Å². The molecule has 0 aliphatic carbocycles. The Morgan fingerprint density at radius 3 is 2.70 bits per heavy atom. The van der Waals surface area contributed by atoms with E-state index in [1.54, 1.807) is 22.9 Å². The molecule has 0 amide bonds. The summed E-state index contributed by atoms with van der Waals surface area (Å²) < 4.78 is 41.5. The summed E-state index contributed by atoms with van der Waals surface area (Å²) in [6.07, 6.45) is -2.15. The first kappa shape index (κ1) is 15.2. The number of hydrogen-bond acceptors (Lipinski definition) is 2. The highest BCUT2D eigenvalue weighted by Gasteiger charge is 2.28. The lowest BCUT2D eigenvalue weighted by atomic mass is 10.1. The number of rotatable bonds is 5. The molecule has 0 aliphatic rings. The van der Waals surface area contributed by atoms with E-state index in [1.807, 2.05) is 6.07 Å². The van der Waals surface area contributed by atoms with Crippen molar-refractivity contribution in [1.29, 1.82) is 0 Å². The molecule has 0 atom stereocenters. The van der Waals surface area contributed by atoms with Crippen molar-refractivity contribution in [2.75, 3.05) is 13.2 Å². The molecule has 0 saturated heterocycles. The van der Waals surface area contributed by atoms with Crippen LogP contribution in [0.25, 0.3) is 10.9 Å². The predicted octanol–water partition coefficient (Wildman–Crippen LogP) is 3.33. The van der Waals surface area contributed by atoms with E-state index < -0.39 is 13.0 Å². The predicted molar refractivity (Wildman–Crippen MR) is 71.7 cm³/mol. The Morgan fingerprint density at radius 2 is 2.05 bits per heavy atom. The molecule has 2 aromatic rings. The van der Waals surface area contributed by atoms with Crippen molar-refractivity contribution in [3.05, 3.63) is 35.0 Å². The molecule has 2 N–H and O–H groups in total. The molecule has 0 fully saturated rings. The summed E-state index contributed by atoms with van der Waals surface area (Å²) in [6, 6.07) is 5.33. The second-order valence-electron chi connectivity index (χ2n) is 4.34. The van der Waals surface area contributed by atoms with Gasteiger partial charge < -0.3 is 10.3 Å². The molecule has 0 aliphatic heterocycles. The van der Waals surface area contributed by atoms with Crippen molar-refractivity contribution >= 4 is 22.5 Å². The van der Waals surface area contributed by atoms with E-state index in [0.29, 0.717) is 18.0 Å². The van der Waals surface area contributed by atoms with Crippen LogP contribution in [-0.4, -0.2) is 24.1 Å². The number of nitrogens with two attached hydrogens (primary N) is 1. The highest BCUT2D eigenvalue weighted by Crippen LogP contribution is 2.25. The number of fused-ring (bicyclic) bond motifs is 1. The van der Waals surface area contributed by atoms with Gasteiger partial charge in [-0.1, -0.05) is 17.7 Å². The van der Waals surface area contributed by atoms with Gasteiger partial charge in [-0.05, 0) is 30.7 Å². The maximum atomic E-state index is 12.0. The molecule has 1 heterocycles. The van der Waals surface area contributed by atoms with Crippen molar-refractivity contribution in [3.8, 4) is 0 Å². The van der Waals surface area contributed by atoms with Crippen LogP contribution in [0.4, 0.5) is 13.2 Å². The van der Waals surface area contributed by atoms with Crippen LogP contribution in [0.1, 0.15) is 5.56 Å². The van der Waals surface area contributed by atoms with Crippen molar-refractivity contribution in [2.24, 2.45) is 5.73 Å². The summed E-state index contributed by atoms with van der Waals surface area (Å²) in [6.45, 7) is 0.129. The number of benzene rings is 1. The Bertz CT molecular complexity index is 595. The lowest BCUT2D eigenvalue weighted by Crippen LogP contribution is -2.17. The van der Waals surface area contributed by atoms with E-state index in [1.165, 1.54) is 0 Å². The van der Waals surface area contributed by atoms with Crippen LogP contribution in [0, 0.1) is 0 Å². The Hall–Kier alpha value is -1.24. The van der Waals surface area contributed by atoms with Crippen LogP contribution < -0.4 is 5.73 Å². The quantitative estimate of drug-likeness (QED) is 0.920. The third-order valence-electron chi connectivity index (χ3n) is 2.94. The summed E-state index contributed by atoms with van der Waals surface area (Å²) >= 11 is 5.93. The van der Waals surface area contributed by atoms with Gasteiger partial charge in [0.05, 0.1) is 6.61 Å². The largest absolute Gasteiger partial charge is 0.522 e. The summed E-state index contributed by atoms with van der Waals surface area (Å²) in [5, 5.41) is 1.49. The molecular formula is C13H14ClF3N2O. The van der Waals surface area contributed by atoms with E-state index in [4.69, 9.17) is 17.3 Å². The Kier molecular flexibility index (Phi) is 4.57. The van der Waals surface area contributed by atoms with Gasteiger partial charge in [-0.15, -0.1) is 13.2 Å². The average molecular weight is 307 g/mol. The molecule has 0 spiro atoms. The molecule has 2 rings (SSSR count). The van der Waals surface area contributed by atoms with Gasteiger partial charge in [0.15, 0.2) is 0 Å². The standard InChI is InChI=1S/C13H14ClF3N2O/c14-10-1-2-11-9(3-4-18)8-19(12(11)7-10)5-6-20-13(15,16)17/h1-2,7-8H,3-6,18H2. The van der Waals surface area contributed by atoms with E-state index in [0.717, 1.165) is 16.5 Å². The fraction of sp³-hybridized carbons (Fsp3) is 0.385. The van der Waals surface area contributed by atoms with Crippen LogP contribution in [0.2, 0.25) is 5.02 Å². The number of halogens is 4. The van der Waals surface area contributed by atoms with E-state index in [-0.39, 0.29) is 6.54 Å². The monoisotopic (exact) mass is 306 g/mol. The second kappa shape index (κ2) is 6.03. The molecule has 1 aromatic carbocycles. The normalized spacial score (nSPS) is 12.2. The molecule has 20 heavy (non-hydrogen) atoms. The van der Waals surface area contributed by atoms with Crippen molar-refractivity contribution in [1.82, 2.24) is 4.57 Å². The number of hydrogen-bond donors (Lipinski definition) is 1. The smallest absolute Gasteiger partial charge is 0.345 e. The second-order valence-corrected chi connectivity index (χ2v) is 4.78. The summed E-state index contributed by atoms with van der Waals surface area (Å²) in [5.74, 6) is 0. The molecule has 0 bridgehead atoms. The van der Waals surface area contributed by atoms with Gasteiger partial charge in [-0.2, -0.15) is 0 Å². The van der Waals surface area contributed by atoms with E-state index >= 15 is 0 Å². The van der Waals surface area contributed by atoms with E-state index in [2.05, 4.69) is 4.74 Å². The SMILES string of the molecule is NCCc1cn(CCOC(F)(F)F)c2cc(Cl)ccc12. The molecular weight excluding hydrogens is 293 g/mol. The minimum absolute atomic E-state index is 0.0981. The Balaban J connectivity index is 2.25. The zero-order valence-corrected chi connectivity index (χ0v) is 11.3. The van der Waals surface area contributed by atoms with Gasteiger partial charge in [0.1, 0.15) is 0 Å². The minimum atomic E-state index is -4.61. The van der Waals surface area contributed by atoms with Crippen LogP contribution in [0.3, 0.4) is 0 Å². The van der Waals surface area contributed by atoms with Gasteiger partial charge in [0.25, 0.3) is 0 Å². The molecule has 0 saturated carbocycles. The fourth-order valence-corrected chi connectivity index (χ4v) is 2.31.